The monoisotopic (exact) mass is 321 g/mol. The van der Waals surface area contributed by atoms with Crippen molar-refractivity contribution < 1.29 is 65.7 Å². The van der Waals surface area contributed by atoms with Crippen molar-refractivity contribution in [1.29, 1.82) is 0 Å². The van der Waals surface area contributed by atoms with Crippen LogP contribution >= 0.6 is 0 Å². The Morgan fingerprint density at radius 3 is 2.33 bits per heavy atom. The minimum Gasteiger partial charge on any atom is -0.447 e. The molecule has 0 unspecified atom stereocenters. The number of urea groups is 1. The zero-order valence-electron chi connectivity index (χ0n) is 12.9. The predicted molar refractivity (Wildman–Crippen MR) is 75.2 cm³/mol. The first-order chi connectivity index (χ1) is 9.66. The SMILES string of the molecule is [K+].[NH-]C(=O)N1CCC(C(=O)NCCC2CCOCC2)CC1. The van der Waals surface area contributed by atoms with Gasteiger partial charge in [-0.3, -0.25) is 9.59 Å². The Bertz CT molecular complexity index is 340. The van der Waals surface area contributed by atoms with E-state index < -0.39 is 6.03 Å². The number of rotatable bonds is 4. The first kappa shape index (κ1) is 19.4. The van der Waals surface area contributed by atoms with Crippen molar-refractivity contribution >= 4 is 11.9 Å². The molecule has 2 aliphatic rings. The van der Waals surface area contributed by atoms with E-state index in [0.29, 0.717) is 31.8 Å². The van der Waals surface area contributed by atoms with Crippen LogP contribution in [-0.2, 0) is 9.53 Å². The molecule has 0 aromatic rings. The standard InChI is InChI=1S/C14H25N3O3.K/c15-14(19)17-7-2-12(3-8-17)13(18)16-6-1-11-4-9-20-10-5-11;/h11-12H,1-10H2,(H3,15,16,18,19);/q;+1/p-1. The summed E-state index contributed by atoms with van der Waals surface area (Å²) < 4.78 is 5.32. The molecule has 0 saturated carbocycles. The summed E-state index contributed by atoms with van der Waals surface area (Å²) in [6.07, 6.45) is 4.57. The number of likely N-dealkylation sites (tertiary alicyclic amines) is 1. The van der Waals surface area contributed by atoms with E-state index in [2.05, 4.69) is 5.32 Å². The minimum atomic E-state index is -0.636. The van der Waals surface area contributed by atoms with E-state index >= 15 is 0 Å². The van der Waals surface area contributed by atoms with Gasteiger partial charge in [-0.15, -0.1) is 0 Å². The van der Waals surface area contributed by atoms with Gasteiger partial charge in [0.05, 0.1) is 0 Å². The Balaban J connectivity index is 0.00000220. The van der Waals surface area contributed by atoms with Crippen molar-refractivity contribution in [2.24, 2.45) is 11.8 Å². The van der Waals surface area contributed by atoms with Crippen LogP contribution in [-0.4, -0.2) is 49.7 Å². The third-order valence-electron chi connectivity index (χ3n) is 4.35. The zero-order valence-corrected chi connectivity index (χ0v) is 16.0. The molecular weight excluding hydrogens is 297 g/mol. The molecule has 0 aromatic carbocycles. The molecule has 21 heavy (non-hydrogen) atoms. The maximum atomic E-state index is 12.0. The number of nitrogens with zero attached hydrogens (tertiary/aromatic N) is 1. The largest absolute Gasteiger partial charge is 1.00 e. The maximum Gasteiger partial charge on any atom is 1.00 e. The van der Waals surface area contributed by atoms with Crippen LogP contribution in [0.3, 0.4) is 0 Å². The fraction of sp³-hybridized carbons (Fsp3) is 0.857. The van der Waals surface area contributed by atoms with Gasteiger partial charge in [0.15, 0.2) is 6.03 Å². The molecule has 2 saturated heterocycles. The number of hydrogen-bond acceptors (Lipinski definition) is 3. The van der Waals surface area contributed by atoms with E-state index in [1.54, 1.807) is 0 Å². The molecule has 0 atom stereocenters. The fourth-order valence-electron chi connectivity index (χ4n) is 2.92. The smallest absolute Gasteiger partial charge is 0.447 e. The van der Waals surface area contributed by atoms with Crippen molar-refractivity contribution in [2.75, 3.05) is 32.8 Å². The zero-order chi connectivity index (χ0) is 14.4. The first-order valence-corrected chi connectivity index (χ1v) is 7.53. The van der Waals surface area contributed by atoms with Crippen LogP contribution in [0.15, 0.2) is 0 Å². The molecule has 0 aliphatic carbocycles. The van der Waals surface area contributed by atoms with Crippen molar-refractivity contribution in [3.63, 3.8) is 0 Å². The summed E-state index contributed by atoms with van der Waals surface area (Å²) in [5.74, 6) is 0.779. The van der Waals surface area contributed by atoms with E-state index in [0.717, 1.165) is 39.0 Å². The van der Waals surface area contributed by atoms with Gasteiger partial charge in [0.2, 0.25) is 5.91 Å². The van der Waals surface area contributed by atoms with Crippen LogP contribution in [0.2, 0.25) is 0 Å². The summed E-state index contributed by atoms with van der Waals surface area (Å²) in [6.45, 7) is 3.48. The van der Waals surface area contributed by atoms with E-state index in [1.165, 1.54) is 4.90 Å². The molecule has 0 bridgehead atoms. The second-order valence-corrected chi connectivity index (χ2v) is 5.70. The fourth-order valence-corrected chi connectivity index (χ4v) is 2.92. The summed E-state index contributed by atoms with van der Waals surface area (Å²) in [5, 5.41) is 3.01. The van der Waals surface area contributed by atoms with Crippen LogP contribution in [0.25, 0.3) is 5.73 Å². The molecule has 2 fully saturated rings. The summed E-state index contributed by atoms with van der Waals surface area (Å²) in [6, 6.07) is -0.636. The van der Waals surface area contributed by atoms with Crippen LogP contribution in [0.4, 0.5) is 4.79 Å². The number of ether oxygens (including phenoxy) is 1. The van der Waals surface area contributed by atoms with Gasteiger partial charge in [-0.1, -0.05) is 0 Å². The first-order valence-electron chi connectivity index (χ1n) is 7.53. The third-order valence-corrected chi connectivity index (χ3v) is 4.35. The van der Waals surface area contributed by atoms with Crippen molar-refractivity contribution in [2.45, 2.75) is 32.1 Å². The Hall–Kier alpha value is 0.336. The molecule has 114 valence electrons. The second-order valence-electron chi connectivity index (χ2n) is 5.70. The predicted octanol–water partition coefficient (Wildman–Crippen LogP) is -1.19. The summed E-state index contributed by atoms with van der Waals surface area (Å²) >= 11 is 0. The van der Waals surface area contributed by atoms with Crippen LogP contribution < -0.4 is 56.7 Å². The summed E-state index contributed by atoms with van der Waals surface area (Å²) in [4.78, 5) is 24.4. The molecule has 2 N–H and O–H groups in total. The Morgan fingerprint density at radius 2 is 1.76 bits per heavy atom. The van der Waals surface area contributed by atoms with Crippen molar-refractivity contribution in [3.05, 3.63) is 5.73 Å². The molecule has 6 nitrogen and oxygen atoms in total. The van der Waals surface area contributed by atoms with Gasteiger partial charge in [0.1, 0.15) is 0 Å². The second kappa shape index (κ2) is 10.2. The topological polar surface area (TPSA) is 82.4 Å². The molecule has 2 rings (SSSR count). The normalized spacial score (nSPS) is 20.7. The Kier molecular flexibility index (Phi) is 9.39. The van der Waals surface area contributed by atoms with Crippen LogP contribution in [0, 0.1) is 11.8 Å². The van der Waals surface area contributed by atoms with Gasteiger partial charge >= 0.3 is 51.4 Å². The number of carbonyl (C=O) groups excluding carboxylic acids is 2. The molecular formula is C14H24KN3O3. The van der Waals surface area contributed by atoms with Gasteiger partial charge < -0.3 is 20.7 Å². The average molecular weight is 321 g/mol. The van der Waals surface area contributed by atoms with Crippen LogP contribution in [0.5, 0.6) is 0 Å². The van der Waals surface area contributed by atoms with Crippen LogP contribution in [0.1, 0.15) is 32.1 Å². The number of carbonyl (C=O) groups is 2. The van der Waals surface area contributed by atoms with Gasteiger partial charge in [-0.2, -0.15) is 0 Å². The molecule has 0 spiro atoms. The van der Waals surface area contributed by atoms with Gasteiger partial charge in [-0.05, 0) is 51.1 Å². The van der Waals surface area contributed by atoms with Gasteiger partial charge in [-0.25, -0.2) is 0 Å². The molecule has 2 heterocycles. The minimum absolute atomic E-state index is 0. The molecule has 3 amide bonds. The molecule has 0 aromatic heterocycles. The maximum absolute atomic E-state index is 12.0. The van der Waals surface area contributed by atoms with Crippen molar-refractivity contribution in [1.82, 2.24) is 10.2 Å². The van der Waals surface area contributed by atoms with E-state index in [4.69, 9.17) is 10.5 Å². The van der Waals surface area contributed by atoms with E-state index in [-0.39, 0.29) is 63.2 Å². The van der Waals surface area contributed by atoms with E-state index in [9.17, 15) is 9.59 Å². The van der Waals surface area contributed by atoms with E-state index in [1.807, 2.05) is 0 Å². The van der Waals surface area contributed by atoms with Gasteiger partial charge in [0, 0.05) is 25.7 Å². The average Bonchev–Trinajstić information content (AvgIpc) is 2.48. The molecule has 0 radical (unpaired) electrons. The summed E-state index contributed by atoms with van der Waals surface area (Å²) in [7, 11) is 0. The van der Waals surface area contributed by atoms with Gasteiger partial charge in [0.25, 0.3) is 0 Å². The Labute approximate surface area is 168 Å². The van der Waals surface area contributed by atoms with Crippen molar-refractivity contribution in [3.8, 4) is 0 Å². The molecule has 7 heteroatoms. The number of hydrogen-bond donors (Lipinski definition) is 1. The Morgan fingerprint density at radius 1 is 1.14 bits per heavy atom. The third kappa shape index (κ3) is 6.54. The quantitative estimate of drug-likeness (QED) is 0.661. The number of piperidine rings is 1. The summed E-state index contributed by atoms with van der Waals surface area (Å²) in [5.41, 5.74) is 7.05. The molecule has 2 aliphatic heterocycles. The number of amides is 3. The number of nitrogens with one attached hydrogen (secondary N) is 2.